The Labute approximate surface area is 106 Å². The molecular weight excluding hydrogens is 242 g/mol. The third kappa shape index (κ3) is 4.51. The molecule has 0 aromatic heterocycles. The summed E-state index contributed by atoms with van der Waals surface area (Å²) in [5.41, 5.74) is 7.56. The molecule has 0 aliphatic rings. The molecule has 0 spiro atoms. The van der Waals surface area contributed by atoms with Crippen molar-refractivity contribution >= 4 is 34.6 Å². The van der Waals surface area contributed by atoms with Gasteiger partial charge in [0.2, 0.25) is 0 Å². The minimum atomic E-state index is 0.503. The lowest BCUT2D eigenvalue weighted by Gasteiger charge is -2.13. The van der Waals surface area contributed by atoms with Crippen LogP contribution in [0, 0.1) is 0 Å². The first kappa shape index (κ1) is 12.8. The molecule has 3 nitrogen and oxygen atoms in total. The van der Waals surface area contributed by atoms with Crippen LogP contribution in [0.3, 0.4) is 0 Å². The predicted molar refractivity (Wildman–Crippen MR) is 73.6 cm³/mol. The summed E-state index contributed by atoms with van der Waals surface area (Å²) >= 11 is 11.0. The van der Waals surface area contributed by atoms with Gasteiger partial charge in [-0.2, -0.15) is 0 Å². The van der Waals surface area contributed by atoms with Crippen LogP contribution in [-0.4, -0.2) is 11.7 Å². The van der Waals surface area contributed by atoms with E-state index in [2.05, 4.69) is 22.7 Å². The van der Waals surface area contributed by atoms with E-state index in [0.717, 1.165) is 11.3 Å². The average Bonchev–Trinajstić information content (AvgIpc) is 2.25. The quantitative estimate of drug-likeness (QED) is 0.439. The third-order valence-electron chi connectivity index (χ3n) is 1.74. The highest BCUT2D eigenvalue weighted by Gasteiger charge is 1.98. The summed E-state index contributed by atoms with van der Waals surface area (Å²) in [6.45, 7) is 6.34. The Balaban J connectivity index is 2.37. The van der Waals surface area contributed by atoms with Gasteiger partial charge in [0.25, 0.3) is 0 Å². The van der Waals surface area contributed by atoms with Gasteiger partial charge < -0.3 is 5.32 Å². The maximum Gasteiger partial charge on any atom is 0.185 e. The fraction of sp³-hybridized carbons (Fsp3) is 0.182. The molecule has 3 N–H and O–H groups in total. The van der Waals surface area contributed by atoms with Crippen molar-refractivity contribution in [1.29, 1.82) is 0 Å². The highest BCUT2D eigenvalue weighted by Crippen LogP contribution is 2.19. The van der Waals surface area contributed by atoms with E-state index in [-0.39, 0.29) is 0 Å². The highest BCUT2D eigenvalue weighted by atomic mass is 35.5. The Bertz CT molecular complexity index is 393. The summed E-state index contributed by atoms with van der Waals surface area (Å²) < 4.78 is 0. The molecule has 0 saturated heterocycles. The maximum atomic E-state index is 5.95. The number of nitrogens with one attached hydrogen (secondary N) is 3. The summed E-state index contributed by atoms with van der Waals surface area (Å²) in [4.78, 5) is 0. The Morgan fingerprint density at radius 3 is 2.75 bits per heavy atom. The lowest BCUT2D eigenvalue weighted by molar-refractivity contribution is 0.944. The number of halogens is 1. The molecule has 1 aromatic carbocycles. The Kier molecular flexibility index (Phi) is 5.08. The molecule has 0 unspecified atom stereocenters. The van der Waals surface area contributed by atoms with E-state index in [1.807, 2.05) is 25.1 Å². The van der Waals surface area contributed by atoms with Gasteiger partial charge in [0.1, 0.15) is 0 Å². The van der Waals surface area contributed by atoms with Gasteiger partial charge in [-0.25, -0.2) is 0 Å². The van der Waals surface area contributed by atoms with Crippen LogP contribution in [-0.2, 0) is 0 Å². The van der Waals surface area contributed by atoms with Crippen molar-refractivity contribution in [3.8, 4) is 0 Å². The molecule has 1 rings (SSSR count). The molecule has 0 amide bonds. The van der Waals surface area contributed by atoms with E-state index in [1.165, 1.54) is 0 Å². The number of para-hydroxylation sites is 1. The van der Waals surface area contributed by atoms with Gasteiger partial charge in [-0.3, -0.25) is 10.9 Å². The van der Waals surface area contributed by atoms with Crippen LogP contribution in [0.1, 0.15) is 6.92 Å². The van der Waals surface area contributed by atoms with Crippen LogP contribution in [0.2, 0.25) is 5.02 Å². The topological polar surface area (TPSA) is 36.1 Å². The normalized spacial score (nSPS) is 9.38. The van der Waals surface area contributed by atoms with Crippen LogP contribution < -0.4 is 16.2 Å². The molecule has 1 aromatic rings. The van der Waals surface area contributed by atoms with Gasteiger partial charge in [-0.1, -0.05) is 35.9 Å². The van der Waals surface area contributed by atoms with Crippen molar-refractivity contribution in [2.75, 3.05) is 12.0 Å². The number of thiocarbonyl (C=S) groups is 1. The molecule has 0 atom stereocenters. The number of hydrogen-bond acceptors (Lipinski definition) is 2. The Morgan fingerprint density at radius 1 is 1.44 bits per heavy atom. The molecule has 86 valence electrons. The lowest BCUT2D eigenvalue weighted by atomic mass is 10.3. The number of rotatable bonds is 4. The van der Waals surface area contributed by atoms with Crippen LogP contribution in [0.5, 0.6) is 0 Å². The van der Waals surface area contributed by atoms with Crippen molar-refractivity contribution in [2.45, 2.75) is 6.92 Å². The smallest absolute Gasteiger partial charge is 0.185 e. The monoisotopic (exact) mass is 255 g/mol. The van der Waals surface area contributed by atoms with Crippen LogP contribution in [0.15, 0.2) is 36.4 Å². The first-order valence-corrected chi connectivity index (χ1v) is 5.57. The van der Waals surface area contributed by atoms with Gasteiger partial charge >= 0.3 is 0 Å². The maximum absolute atomic E-state index is 5.95. The van der Waals surface area contributed by atoms with Gasteiger partial charge in [0.05, 0.1) is 10.7 Å². The van der Waals surface area contributed by atoms with Crippen LogP contribution >= 0.6 is 23.8 Å². The first-order valence-electron chi connectivity index (χ1n) is 4.78. The van der Waals surface area contributed by atoms with Crippen molar-refractivity contribution in [1.82, 2.24) is 10.7 Å². The molecule has 0 bridgehead atoms. The summed E-state index contributed by atoms with van der Waals surface area (Å²) in [6.07, 6.45) is 0. The van der Waals surface area contributed by atoms with Crippen LogP contribution in [0.25, 0.3) is 0 Å². The Hall–Kier alpha value is -1.26. The minimum absolute atomic E-state index is 0.503. The second-order valence-corrected chi connectivity index (χ2v) is 4.19. The zero-order valence-corrected chi connectivity index (χ0v) is 10.6. The summed E-state index contributed by atoms with van der Waals surface area (Å²) in [6, 6.07) is 7.41. The number of benzene rings is 1. The summed E-state index contributed by atoms with van der Waals surface area (Å²) in [5, 5.41) is 4.13. The van der Waals surface area contributed by atoms with Crippen LogP contribution in [0.4, 0.5) is 5.69 Å². The summed E-state index contributed by atoms with van der Waals surface area (Å²) in [5.74, 6) is 0. The third-order valence-corrected chi connectivity index (χ3v) is 2.31. The zero-order valence-electron chi connectivity index (χ0n) is 9.01. The van der Waals surface area contributed by atoms with Crippen molar-refractivity contribution in [2.24, 2.45) is 0 Å². The van der Waals surface area contributed by atoms with E-state index < -0.39 is 0 Å². The molecular formula is C11H14ClN3S. The van der Waals surface area contributed by atoms with E-state index >= 15 is 0 Å². The molecule has 0 fully saturated rings. The van der Waals surface area contributed by atoms with Gasteiger partial charge in [0.15, 0.2) is 5.11 Å². The summed E-state index contributed by atoms with van der Waals surface area (Å²) in [7, 11) is 0. The van der Waals surface area contributed by atoms with Gasteiger partial charge in [0, 0.05) is 6.54 Å². The second-order valence-electron chi connectivity index (χ2n) is 3.37. The molecule has 5 heteroatoms. The zero-order chi connectivity index (χ0) is 12.0. The van der Waals surface area contributed by atoms with E-state index in [1.54, 1.807) is 6.07 Å². The Morgan fingerprint density at radius 2 is 2.12 bits per heavy atom. The fourth-order valence-electron chi connectivity index (χ4n) is 0.962. The van der Waals surface area contributed by atoms with Crippen molar-refractivity contribution in [3.05, 3.63) is 41.4 Å². The van der Waals surface area contributed by atoms with Gasteiger partial charge in [-0.15, -0.1) is 0 Å². The lowest BCUT2D eigenvalue weighted by Crippen LogP contribution is -2.39. The number of anilines is 1. The number of hydrogen-bond donors (Lipinski definition) is 3. The minimum Gasteiger partial charge on any atom is -0.358 e. The number of hydrazine groups is 1. The molecule has 0 heterocycles. The van der Waals surface area contributed by atoms with Gasteiger partial charge in [-0.05, 0) is 31.3 Å². The van der Waals surface area contributed by atoms with E-state index in [4.69, 9.17) is 23.8 Å². The van der Waals surface area contributed by atoms with E-state index in [9.17, 15) is 0 Å². The SMILES string of the molecule is C=C(C)CNC(=S)NNc1ccccc1Cl. The van der Waals surface area contributed by atoms with E-state index in [0.29, 0.717) is 16.7 Å². The standard InChI is InChI=1S/C11H14ClN3S/c1-8(2)7-13-11(16)15-14-10-6-4-3-5-9(10)12/h3-6,14H,1,7H2,2H3,(H2,13,15,16). The highest BCUT2D eigenvalue weighted by molar-refractivity contribution is 7.80. The first-order chi connectivity index (χ1) is 7.59. The fourth-order valence-corrected chi connectivity index (χ4v) is 1.27. The molecule has 16 heavy (non-hydrogen) atoms. The largest absolute Gasteiger partial charge is 0.358 e. The average molecular weight is 256 g/mol. The molecule has 0 radical (unpaired) electrons. The predicted octanol–water partition coefficient (Wildman–Crippen LogP) is 2.71. The van der Waals surface area contributed by atoms with Crippen molar-refractivity contribution < 1.29 is 0 Å². The molecule has 0 saturated carbocycles. The molecule has 0 aliphatic carbocycles. The van der Waals surface area contributed by atoms with Crippen molar-refractivity contribution in [3.63, 3.8) is 0 Å². The molecule has 0 aliphatic heterocycles. The second kappa shape index (κ2) is 6.35.